The minimum Gasteiger partial charge on any atom is -0.491 e. The molecule has 2 atom stereocenters. The van der Waals surface area contributed by atoms with Crippen molar-refractivity contribution in [2.75, 3.05) is 25.6 Å². The lowest BCUT2D eigenvalue weighted by Crippen LogP contribution is -2.28. The summed E-state index contributed by atoms with van der Waals surface area (Å²) >= 11 is 0. The third-order valence-corrected chi connectivity index (χ3v) is 4.72. The van der Waals surface area contributed by atoms with Crippen LogP contribution in [0.1, 0.15) is 30.1 Å². The third kappa shape index (κ3) is 8.93. The first-order chi connectivity index (χ1) is 16.0. The number of hydroxylamine groups is 1. The van der Waals surface area contributed by atoms with Crippen LogP contribution in [-0.2, 0) is 14.3 Å². The van der Waals surface area contributed by atoms with Crippen LogP contribution in [0.3, 0.4) is 0 Å². The number of carbonyl (C=O) groups excluding carboxylic acids is 2. The minimum absolute atomic E-state index is 0.127. The van der Waals surface area contributed by atoms with Gasteiger partial charge in [-0.05, 0) is 49.6 Å². The Morgan fingerprint density at radius 3 is 2.58 bits per heavy atom. The fraction of sp³-hybridized carbons (Fsp3) is 0.333. The molecule has 33 heavy (non-hydrogen) atoms. The van der Waals surface area contributed by atoms with Crippen LogP contribution < -0.4 is 15.5 Å². The van der Waals surface area contributed by atoms with E-state index >= 15 is 0 Å². The van der Waals surface area contributed by atoms with Gasteiger partial charge in [-0.25, -0.2) is 10.3 Å². The molecule has 0 heterocycles. The van der Waals surface area contributed by atoms with Gasteiger partial charge in [0.25, 0.3) is 5.91 Å². The lowest BCUT2D eigenvalue weighted by atomic mass is 10.00. The number of rotatable bonds is 12. The number of aliphatic hydroxyl groups excluding tert-OH is 1. The zero-order chi connectivity index (χ0) is 24.1. The number of anilines is 1. The Hall–Kier alpha value is -3.40. The summed E-state index contributed by atoms with van der Waals surface area (Å²) in [6.07, 6.45) is 1.68. The summed E-state index contributed by atoms with van der Waals surface area (Å²) in [6.45, 7) is 1.96. The summed E-state index contributed by atoms with van der Waals surface area (Å²) in [6, 6.07) is 14.3. The highest BCUT2D eigenvalue weighted by Gasteiger charge is 2.27. The molecule has 0 saturated heterocycles. The van der Waals surface area contributed by atoms with E-state index in [1.807, 2.05) is 19.1 Å². The second-order valence-electron chi connectivity index (χ2n) is 7.19. The number of allylic oxidation sites excluding steroid dienone is 1. The maximum atomic E-state index is 12.7. The molecule has 2 rings (SSSR count). The molecule has 9 nitrogen and oxygen atoms in total. The Morgan fingerprint density at radius 2 is 1.91 bits per heavy atom. The van der Waals surface area contributed by atoms with Crippen molar-refractivity contribution >= 4 is 17.7 Å². The molecule has 2 aromatic rings. The third-order valence-electron chi connectivity index (χ3n) is 4.72. The van der Waals surface area contributed by atoms with Crippen LogP contribution in [0, 0.1) is 6.92 Å². The Labute approximate surface area is 192 Å². The monoisotopic (exact) mass is 458 g/mol. The molecule has 0 aliphatic rings. The predicted octanol–water partition coefficient (Wildman–Crippen LogP) is 3.51. The molecular formula is C24H30N2O7. The molecule has 9 heteroatoms. The SMILES string of the molecule is CO[C@H](CC/C=C/C(=O)NO)[C@H](OC(=O)Nc1ccc(C)cc1)c1cccc(OCCO)c1. The lowest BCUT2D eigenvalue weighted by molar-refractivity contribution is -0.124. The number of aliphatic hydroxyl groups is 1. The average Bonchev–Trinajstić information content (AvgIpc) is 2.83. The smallest absolute Gasteiger partial charge is 0.412 e. The number of hydrogen-bond donors (Lipinski definition) is 4. The highest BCUT2D eigenvalue weighted by molar-refractivity contribution is 5.86. The van der Waals surface area contributed by atoms with E-state index in [1.165, 1.54) is 18.7 Å². The summed E-state index contributed by atoms with van der Waals surface area (Å²) in [5.41, 5.74) is 3.83. The van der Waals surface area contributed by atoms with Crippen LogP contribution in [0.5, 0.6) is 5.75 Å². The number of benzene rings is 2. The Bertz CT molecular complexity index is 915. The van der Waals surface area contributed by atoms with Gasteiger partial charge >= 0.3 is 6.09 Å². The second-order valence-corrected chi connectivity index (χ2v) is 7.19. The molecule has 0 aliphatic carbocycles. The van der Waals surface area contributed by atoms with E-state index in [2.05, 4.69) is 5.32 Å². The van der Waals surface area contributed by atoms with Crippen molar-refractivity contribution in [2.24, 2.45) is 0 Å². The molecule has 0 aromatic heterocycles. The number of amides is 2. The Kier molecular flexibility index (Phi) is 10.9. The van der Waals surface area contributed by atoms with E-state index in [0.717, 1.165) is 5.56 Å². The maximum absolute atomic E-state index is 12.7. The van der Waals surface area contributed by atoms with Gasteiger partial charge in [-0.1, -0.05) is 35.9 Å². The van der Waals surface area contributed by atoms with Crippen LogP contribution in [-0.4, -0.2) is 48.7 Å². The fourth-order valence-electron chi connectivity index (χ4n) is 3.08. The van der Waals surface area contributed by atoms with Crippen LogP contribution in [0.25, 0.3) is 0 Å². The van der Waals surface area contributed by atoms with Gasteiger partial charge in [0.2, 0.25) is 0 Å². The molecule has 4 N–H and O–H groups in total. The van der Waals surface area contributed by atoms with Gasteiger partial charge in [0.1, 0.15) is 12.4 Å². The molecule has 178 valence electrons. The van der Waals surface area contributed by atoms with Crippen molar-refractivity contribution in [1.82, 2.24) is 5.48 Å². The number of ether oxygens (including phenoxy) is 3. The number of nitrogens with one attached hydrogen (secondary N) is 2. The van der Waals surface area contributed by atoms with Gasteiger partial charge in [-0.3, -0.25) is 15.3 Å². The summed E-state index contributed by atoms with van der Waals surface area (Å²) in [4.78, 5) is 23.8. The normalized spacial score (nSPS) is 12.7. The van der Waals surface area contributed by atoms with Crippen molar-refractivity contribution in [3.8, 4) is 5.75 Å². The molecule has 0 radical (unpaired) electrons. The highest BCUT2D eigenvalue weighted by Crippen LogP contribution is 2.29. The van der Waals surface area contributed by atoms with Crippen LogP contribution in [0.15, 0.2) is 60.7 Å². The number of hydrogen-bond acceptors (Lipinski definition) is 7. The molecular weight excluding hydrogens is 428 g/mol. The molecule has 0 bridgehead atoms. The lowest BCUT2D eigenvalue weighted by Gasteiger charge is -2.26. The van der Waals surface area contributed by atoms with Gasteiger partial charge in [-0.2, -0.15) is 0 Å². The van der Waals surface area contributed by atoms with E-state index in [9.17, 15) is 9.59 Å². The quantitative estimate of drug-likeness (QED) is 0.218. The van der Waals surface area contributed by atoms with Crippen LogP contribution in [0.2, 0.25) is 0 Å². The number of methoxy groups -OCH3 is 1. The van der Waals surface area contributed by atoms with Crippen molar-refractivity contribution in [3.05, 3.63) is 71.8 Å². The van der Waals surface area contributed by atoms with Gasteiger partial charge in [0, 0.05) is 18.9 Å². The zero-order valence-electron chi connectivity index (χ0n) is 18.7. The molecule has 2 aromatic carbocycles. The molecule has 0 fully saturated rings. The minimum atomic E-state index is -0.779. The van der Waals surface area contributed by atoms with E-state index < -0.39 is 24.2 Å². The first-order valence-electron chi connectivity index (χ1n) is 10.5. The van der Waals surface area contributed by atoms with Crippen LogP contribution in [0.4, 0.5) is 10.5 Å². The second kappa shape index (κ2) is 13.9. The summed E-state index contributed by atoms with van der Waals surface area (Å²) in [7, 11) is 1.51. The molecule has 0 spiro atoms. The van der Waals surface area contributed by atoms with Gasteiger partial charge in [0.15, 0.2) is 6.10 Å². The van der Waals surface area contributed by atoms with Gasteiger partial charge in [0.05, 0.1) is 12.7 Å². The van der Waals surface area contributed by atoms with E-state index in [-0.39, 0.29) is 13.2 Å². The van der Waals surface area contributed by atoms with Gasteiger partial charge < -0.3 is 19.3 Å². The first kappa shape index (κ1) is 25.9. The largest absolute Gasteiger partial charge is 0.491 e. The van der Waals surface area contributed by atoms with E-state index in [1.54, 1.807) is 42.5 Å². The molecule has 0 aliphatic heterocycles. The van der Waals surface area contributed by atoms with E-state index in [4.69, 9.17) is 24.5 Å². The van der Waals surface area contributed by atoms with Crippen molar-refractivity contribution in [1.29, 1.82) is 0 Å². The van der Waals surface area contributed by atoms with Crippen molar-refractivity contribution < 1.29 is 34.1 Å². The fourth-order valence-corrected chi connectivity index (χ4v) is 3.08. The summed E-state index contributed by atoms with van der Waals surface area (Å²) in [5.74, 6) is -0.119. The average molecular weight is 459 g/mol. The first-order valence-corrected chi connectivity index (χ1v) is 10.5. The van der Waals surface area contributed by atoms with Crippen LogP contribution >= 0.6 is 0 Å². The van der Waals surface area contributed by atoms with Crippen molar-refractivity contribution in [3.63, 3.8) is 0 Å². The maximum Gasteiger partial charge on any atom is 0.412 e. The standard InChI is InChI=1S/C24H30N2O7/c1-17-10-12-19(13-11-17)25-24(29)33-23(18-6-5-7-20(16-18)32-15-14-27)21(31-2)8-3-4-9-22(28)26-30/h4-7,9-13,16,21,23,27,30H,3,8,14-15H2,1-2H3,(H,25,29)(H,26,28)/b9-4+/t21-,23-/m1/s1. The Balaban J connectivity index is 2.20. The zero-order valence-corrected chi connectivity index (χ0v) is 18.7. The Morgan fingerprint density at radius 1 is 1.15 bits per heavy atom. The molecule has 0 saturated carbocycles. The predicted molar refractivity (Wildman–Crippen MR) is 122 cm³/mol. The van der Waals surface area contributed by atoms with Crippen molar-refractivity contribution in [2.45, 2.75) is 32.0 Å². The van der Waals surface area contributed by atoms with E-state index in [0.29, 0.717) is 29.8 Å². The van der Waals surface area contributed by atoms with Gasteiger partial charge in [-0.15, -0.1) is 0 Å². The topological polar surface area (TPSA) is 126 Å². The molecule has 0 unspecified atom stereocenters. The highest BCUT2D eigenvalue weighted by atomic mass is 16.6. The number of aryl methyl sites for hydroxylation is 1. The molecule has 2 amide bonds. The summed E-state index contributed by atoms with van der Waals surface area (Å²) in [5, 5.41) is 20.3. The summed E-state index contributed by atoms with van der Waals surface area (Å²) < 4.78 is 16.9. The number of carbonyl (C=O) groups is 2.